The molecule has 0 saturated heterocycles. The summed E-state index contributed by atoms with van der Waals surface area (Å²) in [5.74, 6) is -0.827. The molecule has 6 heteroatoms. The number of carboxylic acids is 1. The number of aliphatic carboxylic acids is 1. The Morgan fingerprint density at radius 1 is 1.39 bits per heavy atom. The predicted molar refractivity (Wildman–Crippen MR) is 67.3 cm³/mol. The van der Waals surface area contributed by atoms with E-state index in [-0.39, 0.29) is 11.4 Å². The van der Waals surface area contributed by atoms with Gasteiger partial charge < -0.3 is 10.4 Å². The van der Waals surface area contributed by atoms with Gasteiger partial charge in [0.25, 0.3) is 0 Å². The molecule has 2 N–H and O–H groups in total. The first-order valence-corrected chi connectivity index (χ1v) is 7.51. The highest BCUT2D eigenvalue weighted by Crippen LogP contribution is 2.46. The van der Waals surface area contributed by atoms with E-state index in [4.69, 9.17) is 5.11 Å². The summed E-state index contributed by atoms with van der Waals surface area (Å²) in [5.41, 5.74) is -0.252. The normalized spacial score (nSPS) is 17.2. The lowest BCUT2D eigenvalue weighted by Gasteiger charge is -2.14. The Kier molecular flexibility index (Phi) is 3.06. The van der Waals surface area contributed by atoms with Crippen molar-refractivity contribution in [3.8, 4) is 0 Å². The first-order valence-electron chi connectivity index (χ1n) is 5.62. The number of sulfone groups is 1. The molecule has 0 unspecified atom stereocenters. The molecule has 0 heterocycles. The number of benzene rings is 1. The molecule has 1 fully saturated rings. The van der Waals surface area contributed by atoms with Crippen LogP contribution in [0.1, 0.15) is 12.8 Å². The number of para-hydroxylation sites is 1. The van der Waals surface area contributed by atoms with Crippen LogP contribution in [0.2, 0.25) is 0 Å². The van der Waals surface area contributed by atoms with Crippen molar-refractivity contribution < 1.29 is 18.3 Å². The van der Waals surface area contributed by atoms with Crippen LogP contribution in [0.15, 0.2) is 29.2 Å². The van der Waals surface area contributed by atoms with Crippen LogP contribution in [0, 0.1) is 5.41 Å². The third kappa shape index (κ3) is 2.48. The molecular weight excluding hydrogens is 254 g/mol. The second kappa shape index (κ2) is 4.28. The van der Waals surface area contributed by atoms with Crippen LogP contribution >= 0.6 is 0 Å². The van der Waals surface area contributed by atoms with Crippen LogP contribution in [-0.4, -0.2) is 32.3 Å². The average molecular weight is 269 g/mol. The number of carbonyl (C=O) groups is 1. The molecule has 1 aromatic rings. The van der Waals surface area contributed by atoms with E-state index in [1.807, 2.05) is 0 Å². The molecule has 0 amide bonds. The molecule has 1 aliphatic rings. The Morgan fingerprint density at radius 2 is 2.00 bits per heavy atom. The molecule has 0 atom stereocenters. The van der Waals surface area contributed by atoms with E-state index >= 15 is 0 Å². The fraction of sp³-hybridized carbons (Fsp3) is 0.417. The minimum Gasteiger partial charge on any atom is -0.481 e. The van der Waals surface area contributed by atoms with Crippen molar-refractivity contribution in [2.24, 2.45) is 5.41 Å². The summed E-state index contributed by atoms with van der Waals surface area (Å²) in [5, 5.41) is 12.0. The van der Waals surface area contributed by atoms with Gasteiger partial charge in [-0.15, -0.1) is 0 Å². The fourth-order valence-electron chi connectivity index (χ4n) is 1.82. The summed E-state index contributed by atoms with van der Waals surface area (Å²) < 4.78 is 23.1. The zero-order chi connectivity index (χ0) is 13.4. The quantitative estimate of drug-likeness (QED) is 0.843. The third-order valence-electron chi connectivity index (χ3n) is 3.21. The molecule has 0 radical (unpaired) electrons. The monoisotopic (exact) mass is 269 g/mol. The first kappa shape index (κ1) is 12.9. The van der Waals surface area contributed by atoms with Gasteiger partial charge in [-0.25, -0.2) is 8.42 Å². The lowest BCUT2D eigenvalue weighted by Crippen LogP contribution is -2.24. The summed E-state index contributed by atoms with van der Waals surface area (Å²) in [6.45, 7) is 0.259. The van der Waals surface area contributed by atoms with Crippen molar-refractivity contribution in [2.75, 3.05) is 18.1 Å². The van der Waals surface area contributed by atoms with Crippen LogP contribution in [0.3, 0.4) is 0 Å². The summed E-state index contributed by atoms with van der Waals surface area (Å²) in [7, 11) is -3.31. The van der Waals surface area contributed by atoms with Gasteiger partial charge in [0.1, 0.15) is 0 Å². The van der Waals surface area contributed by atoms with Crippen LogP contribution in [0.25, 0.3) is 0 Å². The number of anilines is 1. The average Bonchev–Trinajstić information content (AvgIpc) is 3.06. The van der Waals surface area contributed by atoms with Crippen LogP contribution in [0.4, 0.5) is 5.69 Å². The van der Waals surface area contributed by atoms with Crippen molar-refractivity contribution in [2.45, 2.75) is 17.7 Å². The minimum absolute atomic E-state index is 0.200. The maximum Gasteiger partial charge on any atom is 0.311 e. The highest BCUT2D eigenvalue weighted by atomic mass is 32.2. The van der Waals surface area contributed by atoms with Crippen molar-refractivity contribution in [3.05, 3.63) is 24.3 Å². The van der Waals surface area contributed by atoms with Gasteiger partial charge in [0, 0.05) is 12.8 Å². The lowest BCUT2D eigenvalue weighted by molar-refractivity contribution is -0.142. The van der Waals surface area contributed by atoms with Gasteiger partial charge in [-0.05, 0) is 25.0 Å². The Morgan fingerprint density at radius 3 is 2.50 bits per heavy atom. The van der Waals surface area contributed by atoms with Gasteiger partial charge in [0.15, 0.2) is 9.84 Å². The zero-order valence-corrected chi connectivity index (χ0v) is 10.8. The molecule has 0 aliphatic heterocycles. The molecule has 1 saturated carbocycles. The van der Waals surface area contributed by atoms with Crippen molar-refractivity contribution >= 4 is 21.5 Å². The molecular formula is C12H15NO4S. The van der Waals surface area contributed by atoms with E-state index in [9.17, 15) is 13.2 Å². The highest BCUT2D eigenvalue weighted by Gasteiger charge is 2.50. The van der Waals surface area contributed by atoms with Gasteiger partial charge in [-0.3, -0.25) is 4.79 Å². The van der Waals surface area contributed by atoms with Crippen molar-refractivity contribution in [1.29, 1.82) is 0 Å². The minimum atomic E-state index is -3.31. The van der Waals surface area contributed by atoms with Gasteiger partial charge in [0.05, 0.1) is 16.0 Å². The Bertz CT molecular complexity index is 575. The second-order valence-electron chi connectivity index (χ2n) is 4.71. The SMILES string of the molecule is CS(=O)(=O)c1ccccc1NCC1(C(=O)O)CC1. The number of hydrogen-bond acceptors (Lipinski definition) is 4. The fourth-order valence-corrected chi connectivity index (χ4v) is 2.68. The van der Waals surface area contributed by atoms with E-state index < -0.39 is 21.2 Å². The molecule has 0 aromatic heterocycles. The maximum absolute atomic E-state index is 11.6. The van der Waals surface area contributed by atoms with E-state index in [2.05, 4.69) is 5.32 Å². The highest BCUT2D eigenvalue weighted by molar-refractivity contribution is 7.90. The van der Waals surface area contributed by atoms with E-state index in [0.717, 1.165) is 6.26 Å². The maximum atomic E-state index is 11.6. The summed E-state index contributed by atoms with van der Waals surface area (Å²) in [6.07, 6.45) is 2.41. The van der Waals surface area contributed by atoms with Crippen molar-refractivity contribution in [1.82, 2.24) is 0 Å². The van der Waals surface area contributed by atoms with E-state index in [1.165, 1.54) is 6.07 Å². The lowest BCUT2D eigenvalue weighted by atomic mass is 10.1. The summed E-state index contributed by atoms with van der Waals surface area (Å²) >= 11 is 0. The Labute approximate surface area is 106 Å². The van der Waals surface area contributed by atoms with E-state index in [0.29, 0.717) is 18.5 Å². The van der Waals surface area contributed by atoms with Crippen LogP contribution in [0.5, 0.6) is 0 Å². The number of hydrogen-bond donors (Lipinski definition) is 2. The molecule has 0 spiro atoms. The molecule has 1 aromatic carbocycles. The van der Waals surface area contributed by atoms with Crippen LogP contribution in [-0.2, 0) is 14.6 Å². The zero-order valence-electron chi connectivity index (χ0n) is 10.0. The number of nitrogens with one attached hydrogen (secondary N) is 1. The largest absolute Gasteiger partial charge is 0.481 e. The molecule has 98 valence electrons. The first-order chi connectivity index (χ1) is 8.35. The Hall–Kier alpha value is -1.56. The summed E-state index contributed by atoms with van der Waals surface area (Å²) in [4.78, 5) is 11.2. The molecule has 0 bridgehead atoms. The Balaban J connectivity index is 2.18. The standard InChI is InChI=1S/C12H15NO4S/c1-18(16,17)10-5-3-2-4-9(10)13-8-12(6-7-12)11(14)15/h2-5,13H,6-8H2,1H3,(H,14,15). The second-order valence-corrected chi connectivity index (χ2v) is 6.69. The van der Waals surface area contributed by atoms with Gasteiger partial charge >= 0.3 is 5.97 Å². The van der Waals surface area contributed by atoms with Crippen LogP contribution < -0.4 is 5.32 Å². The molecule has 18 heavy (non-hydrogen) atoms. The van der Waals surface area contributed by atoms with Gasteiger partial charge in [0.2, 0.25) is 0 Å². The predicted octanol–water partition coefficient (Wildman–Crippen LogP) is 1.37. The third-order valence-corrected chi connectivity index (χ3v) is 4.37. The number of carboxylic acid groups (broad SMARTS) is 1. The summed E-state index contributed by atoms with van der Waals surface area (Å²) in [6, 6.07) is 6.52. The van der Waals surface area contributed by atoms with Gasteiger partial charge in [-0.2, -0.15) is 0 Å². The topological polar surface area (TPSA) is 83.5 Å². The molecule has 1 aliphatic carbocycles. The molecule has 5 nitrogen and oxygen atoms in total. The van der Waals surface area contributed by atoms with E-state index in [1.54, 1.807) is 18.2 Å². The van der Waals surface area contributed by atoms with Crippen molar-refractivity contribution in [3.63, 3.8) is 0 Å². The van der Waals surface area contributed by atoms with Gasteiger partial charge in [-0.1, -0.05) is 12.1 Å². The smallest absolute Gasteiger partial charge is 0.311 e. The molecule has 2 rings (SSSR count). The number of rotatable bonds is 5.